The third kappa shape index (κ3) is 3.88. The van der Waals surface area contributed by atoms with Crippen LogP contribution < -0.4 is 10.6 Å². The molecule has 0 unspecified atom stereocenters. The lowest BCUT2D eigenvalue weighted by atomic mass is 10.2. The summed E-state index contributed by atoms with van der Waals surface area (Å²) in [5, 5.41) is 9.64. The Labute approximate surface area is 115 Å². The van der Waals surface area contributed by atoms with E-state index in [0.717, 1.165) is 17.5 Å². The second kappa shape index (κ2) is 5.72. The molecule has 0 saturated heterocycles. The van der Waals surface area contributed by atoms with E-state index in [0.29, 0.717) is 18.5 Å². The van der Waals surface area contributed by atoms with Crippen molar-refractivity contribution in [3.8, 4) is 0 Å². The van der Waals surface area contributed by atoms with Crippen LogP contribution in [-0.4, -0.2) is 28.3 Å². The first kappa shape index (κ1) is 14.7. The van der Waals surface area contributed by atoms with Crippen molar-refractivity contribution in [1.82, 2.24) is 20.4 Å². The Morgan fingerprint density at radius 2 is 2.20 bits per heavy atom. The average Bonchev–Trinajstić information content (AvgIpc) is 3.06. The van der Waals surface area contributed by atoms with Gasteiger partial charge in [0.2, 0.25) is 0 Å². The van der Waals surface area contributed by atoms with Gasteiger partial charge >= 0.3 is 6.18 Å². The lowest BCUT2D eigenvalue weighted by Gasteiger charge is -2.10. The summed E-state index contributed by atoms with van der Waals surface area (Å²) in [6.45, 7) is 2.53. The normalized spacial score (nSPS) is 16.4. The number of rotatable bonds is 4. The fourth-order valence-electron chi connectivity index (χ4n) is 1.80. The molecule has 0 atom stereocenters. The van der Waals surface area contributed by atoms with Crippen molar-refractivity contribution in [2.45, 2.75) is 38.5 Å². The van der Waals surface area contributed by atoms with Gasteiger partial charge in [0.15, 0.2) is 11.7 Å². The molecule has 1 aromatic heterocycles. The predicted molar refractivity (Wildman–Crippen MR) is 69.2 cm³/mol. The van der Waals surface area contributed by atoms with E-state index in [-0.39, 0.29) is 12.1 Å². The monoisotopic (exact) mass is 289 g/mol. The van der Waals surface area contributed by atoms with E-state index in [9.17, 15) is 13.2 Å². The predicted octanol–water partition coefficient (Wildman–Crippen LogP) is 1.66. The standard InChI is InChI=1S/C12H18F3N5/c1-3-16-11(18-9-4-5-9)17-6-8-7-20(2)19-10(8)12(13,14)15/h7,9H,3-6H2,1-2H3,(H2,16,17,18). The highest BCUT2D eigenvalue weighted by Crippen LogP contribution is 2.30. The van der Waals surface area contributed by atoms with Crippen molar-refractivity contribution in [3.63, 3.8) is 0 Å². The number of aliphatic imine (C=N–C) groups is 1. The molecule has 8 heteroatoms. The molecule has 5 nitrogen and oxygen atoms in total. The number of guanidine groups is 1. The summed E-state index contributed by atoms with van der Waals surface area (Å²) in [7, 11) is 1.47. The molecular formula is C12H18F3N5. The molecule has 0 bridgehead atoms. The first-order valence-corrected chi connectivity index (χ1v) is 6.54. The minimum atomic E-state index is -4.45. The summed E-state index contributed by atoms with van der Waals surface area (Å²) in [5.41, 5.74) is -0.793. The fraction of sp³-hybridized carbons (Fsp3) is 0.667. The lowest BCUT2D eigenvalue weighted by Crippen LogP contribution is -2.38. The Morgan fingerprint density at radius 3 is 2.75 bits per heavy atom. The van der Waals surface area contributed by atoms with Crippen LogP contribution in [0.1, 0.15) is 31.0 Å². The number of halogens is 3. The molecule has 1 saturated carbocycles. The molecule has 1 aliphatic rings. The van der Waals surface area contributed by atoms with Gasteiger partial charge in [0.25, 0.3) is 0 Å². The Balaban J connectivity index is 2.11. The Morgan fingerprint density at radius 1 is 1.50 bits per heavy atom. The van der Waals surface area contributed by atoms with Crippen molar-refractivity contribution in [2.75, 3.05) is 6.54 Å². The first-order chi connectivity index (χ1) is 9.40. The quantitative estimate of drug-likeness (QED) is 0.654. The topological polar surface area (TPSA) is 54.2 Å². The molecule has 1 aliphatic carbocycles. The third-order valence-electron chi connectivity index (χ3n) is 2.84. The van der Waals surface area contributed by atoms with Crippen LogP contribution in [0.25, 0.3) is 0 Å². The van der Waals surface area contributed by atoms with Gasteiger partial charge in [-0.25, -0.2) is 4.99 Å². The largest absolute Gasteiger partial charge is 0.435 e. The van der Waals surface area contributed by atoms with Crippen LogP contribution in [0.2, 0.25) is 0 Å². The number of hydrogen-bond donors (Lipinski definition) is 2. The van der Waals surface area contributed by atoms with Crippen LogP contribution in [0.15, 0.2) is 11.2 Å². The van der Waals surface area contributed by atoms with E-state index < -0.39 is 11.9 Å². The highest BCUT2D eigenvalue weighted by Gasteiger charge is 2.36. The summed E-state index contributed by atoms with van der Waals surface area (Å²) in [5.74, 6) is 0.548. The summed E-state index contributed by atoms with van der Waals surface area (Å²) in [6.07, 6.45) is -0.947. The molecular weight excluding hydrogens is 271 g/mol. The van der Waals surface area contributed by atoms with Crippen LogP contribution in [0.4, 0.5) is 13.2 Å². The second-order valence-electron chi connectivity index (χ2n) is 4.79. The zero-order chi connectivity index (χ0) is 14.8. The van der Waals surface area contributed by atoms with Gasteiger partial charge in [0.1, 0.15) is 0 Å². The van der Waals surface area contributed by atoms with Gasteiger partial charge in [0, 0.05) is 31.4 Å². The molecule has 1 fully saturated rings. The van der Waals surface area contributed by atoms with Crippen molar-refractivity contribution in [2.24, 2.45) is 12.0 Å². The van der Waals surface area contributed by atoms with Gasteiger partial charge in [-0.15, -0.1) is 0 Å². The molecule has 20 heavy (non-hydrogen) atoms. The zero-order valence-corrected chi connectivity index (χ0v) is 11.5. The SMILES string of the molecule is CCNC(=NCc1cn(C)nc1C(F)(F)F)NC1CC1. The van der Waals surface area contributed by atoms with Crippen LogP contribution >= 0.6 is 0 Å². The number of alkyl halides is 3. The highest BCUT2D eigenvalue weighted by molar-refractivity contribution is 5.80. The molecule has 112 valence electrons. The summed E-state index contributed by atoms with van der Waals surface area (Å²) in [4.78, 5) is 4.19. The van der Waals surface area contributed by atoms with Gasteiger partial charge in [-0.05, 0) is 19.8 Å². The molecule has 1 heterocycles. The smallest absolute Gasteiger partial charge is 0.357 e. The molecule has 2 rings (SSSR count). The summed E-state index contributed by atoms with van der Waals surface area (Å²) < 4.78 is 39.6. The summed E-state index contributed by atoms with van der Waals surface area (Å²) in [6, 6.07) is 0.392. The van der Waals surface area contributed by atoms with Crippen molar-refractivity contribution in [1.29, 1.82) is 0 Å². The number of hydrogen-bond acceptors (Lipinski definition) is 2. The first-order valence-electron chi connectivity index (χ1n) is 6.54. The van der Waals surface area contributed by atoms with E-state index in [1.807, 2.05) is 6.92 Å². The Bertz CT molecular complexity index is 488. The zero-order valence-electron chi connectivity index (χ0n) is 11.5. The highest BCUT2D eigenvalue weighted by atomic mass is 19.4. The van der Waals surface area contributed by atoms with E-state index >= 15 is 0 Å². The number of nitrogens with one attached hydrogen (secondary N) is 2. The molecule has 1 aromatic rings. The van der Waals surface area contributed by atoms with Gasteiger partial charge < -0.3 is 10.6 Å². The molecule has 2 N–H and O–H groups in total. The van der Waals surface area contributed by atoms with Crippen molar-refractivity contribution >= 4 is 5.96 Å². The molecule has 0 radical (unpaired) electrons. The van der Waals surface area contributed by atoms with E-state index in [1.54, 1.807) is 0 Å². The number of nitrogens with zero attached hydrogens (tertiary/aromatic N) is 3. The minimum Gasteiger partial charge on any atom is -0.357 e. The molecule has 0 amide bonds. The van der Waals surface area contributed by atoms with Crippen molar-refractivity contribution in [3.05, 3.63) is 17.5 Å². The third-order valence-corrected chi connectivity index (χ3v) is 2.84. The van der Waals surface area contributed by atoms with Crippen LogP contribution in [-0.2, 0) is 19.8 Å². The van der Waals surface area contributed by atoms with Crippen LogP contribution in [0.3, 0.4) is 0 Å². The van der Waals surface area contributed by atoms with Gasteiger partial charge in [-0.1, -0.05) is 0 Å². The van der Waals surface area contributed by atoms with E-state index in [1.165, 1.54) is 13.2 Å². The maximum Gasteiger partial charge on any atom is 0.435 e. The lowest BCUT2D eigenvalue weighted by molar-refractivity contribution is -0.142. The Hall–Kier alpha value is -1.73. The fourth-order valence-corrected chi connectivity index (χ4v) is 1.80. The van der Waals surface area contributed by atoms with E-state index in [4.69, 9.17) is 0 Å². The van der Waals surface area contributed by atoms with Crippen LogP contribution in [0.5, 0.6) is 0 Å². The summed E-state index contributed by atoms with van der Waals surface area (Å²) >= 11 is 0. The molecule has 0 aromatic carbocycles. The molecule has 0 spiro atoms. The second-order valence-corrected chi connectivity index (χ2v) is 4.79. The van der Waals surface area contributed by atoms with Crippen molar-refractivity contribution < 1.29 is 13.2 Å². The number of aromatic nitrogens is 2. The molecule has 0 aliphatic heterocycles. The maximum absolute atomic E-state index is 12.8. The van der Waals surface area contributed by atoms with E-state index in [2.05, 4.69) is 20.7 Å². The Kier molecular flexibility index (Phi) is 4.20. The maximum atomic E-state index is 12.8. The minimum absolute atomic E-state index is 0.0509. The van der Waals surface area contributed by atoms with Gasteiger partial charge in [-0.2, -0.15) is 18.3 Å². The van der Waals surface area contributed by atoms with Gasteiger partial charge in [-0.3, -0.25) is 4.68 Å². The van der Waals surface area contributed by atoms with Gasteiger partial charge in [0.05, 0.1) is 6.54 Å². The average molecular weight is 289 g/mol. The number of aryl methyl sites for hydroxylation is 1. The van der Waals surface area contributed by atoms with Crippen LogP contribution in [0, 0.1) is 0 Å².